The predicted molar refractivity (Wildman–Crippen MR) is 72.8 cm³/mol. The number of hydrogen-bond acceptors (Lipinski definition) is 4. The van der Waals surface area contributed by atoms with Crippen molar-refractivity contribution in [2.75, 3.05) is 22.4 Å². The van der Waals surface area contributed by atoms with Crippen molar-refractivity contribution in [1.82, 2.24) is 0 Å². The lowest BCUT2D eigenvalue weighted by molar-refractivity contribution is 0.139. The van der Waals surface area contributed by atoms with Crippen LogP contribution in [0.5, 0.6) is 0 Å². The van der Waals surface area contributed by atoms with Crippen molar-refractivity contribution >= 4 is 27.5 Å². The maximum Gasteiger partial charge on any atom is 0.414 e. The maximum atomic E-state index is 13.8. The third-order valence-electron chi connectivity index (χ3n) is 2.89. The minimum Gasteiger partial charge on any atom is -0.444 e. The molecule has 1 fully saturated rings. The minimum absolute atomic E-state index is 0.157. The van der Waals surface area contributed by atoms with Crippen LogP contribution in [0.25, 0.3) is 0 Å². The minimum atomic E-state index is -3.55. The molecule has 1 saturated heterocycles. The van der Waals surface area contributed by atoms with Gasteiger partial charge in [0.2, 0.25) is 10.0 Å². The van der Waals surface area contributed by atoms with Gasteiger partial charge in [-0.05, 0) is 24.6 Å². The molecule has 0 spiro atoms. The summed E-state index contributed by atoms with van der Waals surface area (Å²) in [4.78, 5) is 13.0. The van der Waals surface area contributed by atoms with Crippen molar-refractivity contribution in [3.63, 3.8) is 0 Å². The molecule has 1 heterocycles. The first-order chi connectivity index (χ1) is 9.30. The molecule has 0 aromatic heterocycles. The molecule has 1 N–H and O–H groups in total. The molecule has 1 aromatic carbocycles. The van der Waals surface area contributed by atoms with Crippen molar-refractivity contribution in [2.24, 2.45) is 0 Å². The van der Waals surface area contributed by atoms with Crippen molar-refractivity contribution in [1.29, 1.82) is 0 Å². The van der Waals surface area contributed by atoms with Crippen molar-refractivity contribution in [2.45, 2.75) is 19.4 Å². The molecule has 1 atom stereocenters. The smallest absolute Gasteiger partial charge is 0.414 e. The van der Waals surface area contributed by atoms with Gasteiger partial charge in [0.25, 0.3) is 0 Å². The van der Waals surface area contributed by atoms with Gasteiger partial charge >= 0.3 is 6.09 Å². The van der Waals surface area contributed by atoms with Gasteiger partial charge in [-0.1, -0.05) is 6.92 Å². The van der Waals surface area contributed by atoms with E-state index in [9.17, 15) is 17.6 Å². The number of sulfonamides is 1. The number of hydrogen-bond donors (Lipinski definition) is 1. The molecule has 20 heavy (non-hydrogen) atoms. The fourth-order valence-electron chi connectivity index (χ4n) is 1.90. The molecule has 8 heteroatoms. The summed E-state index contributed by atoms with van der Waals surface area (Å²) < 4.78 is 43.1. The van der Waals surface area contributed by atoms with Crippen LogP contribution in [0.3, 0.4) is 0 Å². The van der Waals surface area contributed by atoms with Crippen molar-refractivity contribution in [3.05, 3.63) is 24.0 Å². The SMILES string of the molecule is CC[C@H]1CN(c2ccc(NS(C)(=O)=O)c(F)c2)C(=O)O1. The second-order valence-corrected chi connectivity index (χ2v) is 6.31. The van der Waals surface area contributed by atoms with Crippen LogP contribution in [0.2, 0.25) is 0 Å². The molecule has 110 valence electrons. The van der Waals surface area contributed by atoms with Crippen LogP contribution in [0.15, 0.2) is 18.2 Å². The van der Waals surface area contributed by atoms with Crippen LogP contribution in [0, 0.1) is 5.82 Å². The Hall–Kier alpha value is -1.83. The van der Waals surface area contributed by atoms with E-state index in [-0.39, 0.29) is 11.8 Å². The van der Waals surface area contributed by atoms with Crippen molar-refractivity contribution in [3.8, 4) is 0 Å². The number of nitrogens with one attached hydrogen (secondary N) is 1. The number of carbonyl (C=O) groups excluding carboxylic acids is 1. The molecule has 0 saturated carbocycles. The summed E-state index contributed by atoms with van der Waals surface area (Å²) in [5.74, 6) is -0.749. The quantitative estimate of drug-likeness (QED) is 0.922. The summed E-state index contributed by atoms with van der Waals surface area (Å²) in [6.07, 6.45) is 0.877. The Kier molecular flexibility index (Phi) is 3.85. The number of anilines is 2. The molecule has 0 bridgehead atoms. The highest BCUT2D eigenvalue weighted by Crippen LogP contribution is 2.26. The second kappa shape index (κ2) is 5.28. The van der Waals surface area contributed by atoms with Crippen LogP contribution < -0.4 is 9.62 Å². The number of benzene rings is 1. The lowest BCUT2D eigenvalue weighted by Crippen LogP contribution is -2.24. The molecular weight excluding hydrogens is 287 g/mol. The number of ether oxygens (including phenoxy) is 1. The van der Waals surface area contributed by atoms with E-state index in [0.29, 0.717) is 18.7 Å². The maximum absolute atomic E-state index is 13.8. The first-order valence-corrected chi connectivity index (χ1v) is 7.95. The Labute approximate surface area is 116 Å². The van der Waals surface area contributed by atoms with Gasteiger partial charge < -0.3 is 4.74 Å². The molecule has 1 aliphatic rings. The Morgan fingerprint density at radius 2 is 2.20 bits per heavy atom. The van der Waals surface area contributed by atoms with Gasteiger partial charge in [0.05, 0.1) is 24.2 Å². The Morgan fingerprint density at radius 3 is 2.70 bits per heavy atom. The molecular formula is C12H15FN2O4S. The Bertz CT molecular complexity index is 632. The molecule has 1 aliphatic heterocycles. The highest BCUT2D eigenvalue weighted by molar-refractivity contribution is 7.92. The van der Waals surface area contributed by atoms with E-state index in [1.807, 2.05) is 6.92 Å². The molecule has 1 amide bonds. The molecule has 0 unspecified atom stereocenters. The third-order valence-corrected chi connectivity index (χ3v) is 3.48. The van der Waals surface area contributed by atoms with Gasteiger partial charge in [-0.3, -0.25) is 9.62 Å². The zero-order valence-electron chi connectivity index (χ0n) is 11.1. The number of rotatable bonds is 4. The van der Waals surface area contributed by atoms with E-state index < -0.39 is 21.9 Å². The number of cyclic esters (lactones) is 1. The summed E-state index contributed by atoms with van der Waals surface area (Å²) in [6, 6.07) is 3.85. The monoisotopic (exact) mass is 302 g/mol. The van der Waals surface area contributed by atoms with Gasteiger partial charge in [-0.15, -0.1) is 0 Å². The largest absolute Gasteiger partial charge is 0.444 e. The number of amides is 1. The normalized spacial score (nSPS) is 19.1. The molecule has 1 aromatic rings. The lowest BCUT2D eigenvalue weighted by atomic mass is 10.2. The van der Waals surface area contributed by atoms with E-state index >= 15 is 0 Å². The first-order valence-electron chi connectivity index (χ1n) is 6.05. The average molecular weight is 302 g/mol. The first kappa shape index (κ1) is 14.6. The fraction of sp³-hybridized carbons (Fsp3) is 0.417. The van der Waals surface area contributed by atoms with Crippen LogP contribution in [-0.4, -0.2) is 33.4 Å². The molecule has 0 aliphatic carbocycles. The van der Waals surface area contributed by atoms with Gasteiger partial charge in [0.1, 0.15) is 11.9 Å². The van der Waals surface area contributed by atoms with Gasteiger partial charge in [-0.2, -0.15) is 0 Å². The van der Waals surface area contributed by atoms with E-state index in [2.05, 4.69) is 4.72 Å². The fourth-order valence-corrected chi connectivity index (χ4v) is 2.46. The second-order valence-electron chi connectivity index (χ2n) is 4.56. The average Bonchev–Trinajstić information content (AvgIpc) is 2.72. The van der Waals surface area contributed by atoms with E-state index in [4.69, 9.17) is 4.74 Å². The van der Waals surface area contributed by atoms with Gasteiger partial charge in [0.15, 0.2) is 0 Å². The Morgan fingerprint density at radius 1 is 1.50 bits per heavy atom. The standard InChI is InChI=1S/C12H15FN2O4S/c1-3-9-7-15(12(16)19-9)8-4-5-11(10(13)6-8)14-20(2,17)18/h4-6,9,14H,3,7H2,1-2H3/t9-/m0/s1. The van der Waals surface area contributed by atoms with Crippen LogP contribution in [0.1, 0.15) is 13.3 Å². The number of nitrogens with zero attached hydrogens (tertiary/aromatic N) is 1. The van der Waals surface area contributed by atoms with Gasteiger partial charge in [0, 0.05) is 0 Å². The zero-order valence-corrected chi connectivity index (χ0v) is 11.9. The van der Waals surface area contributed by atoms with Crippen LogP contribution in [0.4, 0.5) is 20.6 Å². The predicted octanol–water partition coefficient (Wildman–Crippen LogP) is 1.93. The third kappa shape index (κ3) is 3.19. The lowest BCUT2D eigenvalue weighted by Gasteiger charge is -2.14. The summed E-state index contributed by atoms with van der Waals surface area (Å²) >= 11 is 0. The summed E-state index contributed by atoms with van der Waals surface area (Å²) in [5, 5.41) is 0. The molecule has 0 radical (unpaired) electrons. The van der Waals surface area contributed by atoms with Crippen LogP contribution in [-0.2, 0) is 14.8 Å². The highest BCUT2D eigenvalue weighted by Gasteiger charge is 2.31. The summed E-state index contributed by atoms with van der Waals surface area (Å²) in [6.45, 7) is 2.24. The Balaban J connectivity index is 2.23. The molecule has 6 nitrogen and oxygen atoms in total. The van der Waals surface area contributed by atoms with Crippen LogP contribution >= 0.6 is 0 Å². The van der Waals surface area contributed by atoms with E-state index in [1.165, 1.54) is 17.0 Å². The summed E-state index contributed by atoms with van der Waals surface area (Å²) in [5.41, 5.74) is 0.179. The number of carbonyl (C=O) groups is 1. The topological polar surface area (TPSA) is 75.7 Å². The van der Waals surface area contributed by atoms with Gasteiger partial charge in [-0.25, -0.2) is 17.6 Å². The summed E-state index contributed by atoms with van der Waals surface area (Å²) in [7, 11) is -3.55. The van der Waals surface area contributed by atoms with E-state index in [0.717, 1.165) is 12.3 Å². The van der Waals surface area contributed by atoms with Crippen molar-refractivity contribution < 1.29 is 22.3 Å². The zero-order chi connectivity index (χ0) is 14.9. The number of halogens is 1. The van der Waals surface area contributed by atoms with E-state index in [1.54, 1.807) is 0 Å². The molecule has 2 rings (SSSR count). The highest BCUT2D eigenvalue weighted by atomic mass is 32.2.